The van der Waals surface area contributed by atoms with E-state index in [9.17, 15) is 5.11 Å². The molecule has 0 saturated carbocycles. The second kappa shape index (κ2) is 5.52. The molecule has 0 saturated heterocycles. The second-order valence-electron chi connectivity index (χ2n) is 5.00. The highest BCUT2D eigenvalue weighted by atomic mass is 16.5. The predicted molar refractivity (Wildman–Crippen MR) is 83.1 cm³/mol. The summed E-state index contributed by atoms with van der Waals surface area (Å²) in [4.78, 5) is 4.38. The van der Waals surface area contributed by atoms with Gasteiger partial charge in [-0.15, -0.1) is 0 Å². The maximum Gasteiger partial charge on any atom is 0.169 e. The number of aromatic hydroxyl groups is 1. The van der Waals surface area contributed by atoms with E-state index in [0.29, 0.717) is 22.6 Å². The Labute approximate surface area is 128 Å². The van der Waals surface area contributed by atoms with Crippen LogP contribution in [0.4, 0.5) is 0 Å². The summed E-state index contributed by atoms with van der Waals surface area (Å²) in [6.45, 7) is 0. The number of rotatable bonds is 3. The molecule has 112 valence electrons. The van der Waals surface area contributed by atoms with Crippen LogP contribution in [0.1, 0.15) is 0 Å². The summed E-state index contributed by atoms with van der Waals surface area (Å²) in [5.41, 5.74) is 1.40. The van der Waals surface area contributed by atoms with Crippen molar-refractivity contribution in [3.63, 3.8) is 0 Å². The van der Waals surface area contributed by atoms with E-state index in [2.05, 4.69) is 4.98 Å². The molecule has 1 aromatic carbocycles. The summed E-state index contributed by atoms with van der Waals surface area (Å²) in [6, 6.07) is 7.39. The van der Waals surface area contributed by atoms with Gasteiger partial charge in [-0.05, 0) is 12.1 Å². The van der Waals surface area contributed by atoms with Gasteiger partial charge in [0.2, 0.25) is 0 Å². The third-order valence-corrected chi connectivity index (χ3v) is 3.62. The Bertz CT molecular complexity index is 829. The van der Waals surface area contributed by atoms with Crippen LogP contribution in [0.15, 0.2) is 42.9 Å². The molecule has 0 aliphatic rings. The number of benzene rings is 1. The molecule has 0 aliphatic carbocycles. The Balaban J connectivity index is 2.22. The summed E-state index contributed by atoms with van der Waals surface area (Å²) in [5, 5.41) is 12.1. The van der Waals surface area contributed by atoms with Crippen LogP contribution < -0.4 is 14.0 Å². The van der Waals surface area contributed by atoms with E-state index in [1.54, 1.807) is 32.5 Å². The van der Waals surface area contributed by atoms with E-state index < -0.39 is 0 Å². The first-order chi connectivity index (χ1) is 10.6. The fourth-order valence-corrected chi connectivity index (χ4v) is 2.40. The first-order valence-electron chi connectivity index (χ1n) is 6.83. The van der Waals surface area contributed by atoms with Gasteiger partial charge in [0.1, 0.15) is 18.5 Å². The molecule has 1 N–H and O–H groups in total. The largest absolute Gasteiger partial charge is 0.505 e. The van der Waals surface area contributed by atoms with Gasteiger partial charge in [-0.2, -0.15) is 0 Å². The Hall–Kier alpha value is -2.82. The minimum atomic E-state index is 0.132. The van der Waals surface area contributed by atoms with Crippen LogP contribution in [0.3, 0.4) is 0 Å². The Morgan fingerprint density at radius 2 is 1.68 bits per heavy atom. The third kappa shape index (κ3) is 2.30. The van der Waals surface area contributed by atoms with E-state index in [1.807, 2.05) is 36.1 Å². The molecule has 0 bridgehead atoms. The maximum absolute atomic E-state index is 10.6. The van der Waals surface area contributed by atoms with Crippen LogP contribution >= 0.6 is 0 Å². The van der Waals surface area contributed by atoms with Crippen LogP contribution in [0, 0.1) is 0 Å². The summed E-state index contributed by atoms with van der Waals surface area (Å²) in [7, 11) is 5.09. The van der Waals surface area contributed by atoms with Crippen molar-refractivity contribution in [2.24, 2.45) is 7.05 Å². The minimum absolute atomic E-state index is 0.132. The molecule has 5 heteroatoms. The molecule has 22 heavy (non-hydrogen) atoms. The van der Waals surface area contributed by atoms with E-state index in [1.165, 1.54) is 0 Å². The molecule has 2 aromatic heterocycles. The monoisotopic (exact) mass is 297 g/mol. The topological polar surface area (TPSA) is 55.5 Å². The van der Waals surface area contributed by atoms with Crippen LogP contribution in [-0.2, 0) is 7.05 Å². The van der Waals surface area contributed by atoms with Crippen LogP contribution in [0.25, 0.3) is 22.0 Å². The Kier molecular flexibility index (Phi) is 3.55. The van der Waals surface area contributed by atoms with E-state index in [-0.39, 0.29) is 5.75 Å². The van der Waals surface area contributed by atoms with Crippen LogP contribution in [0.2, 0.25) is 0 Å². The predicted octanol–water partition coefficient (Wildman–Crippen LogP) is 2.45. The van der Waals surface area contributed by atoms with Gasteiger partial charge in [0.15, 0.2) is 23.9 Å². The maximum atomic E-state index is 10.6. The van der Waals surface area contributed by atoms with Crippen molar-refractivity contribution in [1.82, 2.24) is 4.98 Å². The van der Waals surface area contributed by atoms with Crippen molar-refractivity contribution in [2.45, 2.75) is 0 Å². The number of pyridine rings is 2. The number of ether oxygens (including phenoxy) is 2. The number of aryl methyl sites for hydroxylation is 1. The number of methoxy groups -OCH3 is 2. The normalized spacial score (nSPS) is 10.7. The van der Waals surface area contributed by atoms with Crippen LogP contribution in [-0.4, -0.2) is 24.3 Å². The molecule has 0 fully saturated rings. The van der Waals surface area contributed by atoms with Crippen molar-refractivity contribution in [1.29, 1.82) is 0 Å². The number of hydrogen-bond donors (Lipinski definition) is 1. The van der Waals surface area contributed by atoms with Gasteiger partial charge in [-0.1, -0.05) is 0 Å². The van der Waals surface area contributed by atoms with Gasteiger partial charge >= 0.3 is 0 Å². The van der Waals surface area contributed by atoms with Crippen molar-refractivity contribution < 1.29 is 19.1 Å². The molecule has 2 heterocycles. The lowest BCUT2D eigenvalue weighted by Gasteiger charge is -2.11. The van der Waals surface area contributed by atoms with E-state index in [4.69, 9.17) is 9.47 Å². The lowest BCUT2D eigenvalue weighted by molar-refractivity contribution is -0.671. The highest BCUT2D eigenvalue weighted by Gasteiger charge is 2.14. The van der Waals surface area contributed by atoms with E-state index >= 15 is 0 Å². The van der Waals surface area contributed by atoms with Crippen molar-refractivity contribution in [2.75, 3.05) is 14.2 Å². The second-order valence-corrected chi connectivity index (χ2v) is 5.00. The number of fused-ring (bicyclic) bond motifs is 1. The number of hydrogen-bond acceptors (Lipinski definition) is 4. The highest BCUT2D eigenvalue weighted by Crippen LogP contribution is 2.39. The third-order valence-electron chi connectivity index (χ3n) is 3.62. The van der Waals surface area contributed by atoms with Crippen molar-refractivity contribution in [3.8, 4) is 28.5 Å². The van der Waals surface area contributed by atoms with Gasteiger partial charge in [-0.25, -0.2) is 4.57 Å². The zero-order chi connectivity index (χ0) is 15.7. The summed E-state index contributed by atoms with van der Waals surface area (Å²) >= 11 is 0. The summed E-state index contributed by atoms with van der Waals surface area (Å²) < 4.78 is 12.5. The van der Waals surface area contributed by atoms with Gasteiger partial charge in [0.05, 0.1) is 14.2 Å². The average Bonchev–Trinajstić information content (AvgIpc) is 2.55. The number of aromatic nitrogens is 2. The van der Waals surface area contributed by atoms with Gasteiger partial charge in [0.25, 0.3) is 0 Å². The Morgan fingerprint density at radius 1 is 1.05 bits per heavy atom. The molecule has 0 spiro atoms. The fourth-order valence-electron chi connectivity index (χ4n) is 2.40. The molecule has 5 nitrogen and oxygen atoms in total. The van der Waals surface area contributed by atoms with Crippen LogP contribution in [0.5, 0.6) is 17.2 Å². The molecule has 0 atom stereocenters. The zero-order valence-electron chi connectivity index (χ0n) is 12.7. The molecule has 0 amide bonds. The lowest BCUT2D eigenvalue weighted by atomic mass is 10.1. The first-order valence-corrected chi connectivity index (χ1v) is 6.83. The smallest absolute Gasteiger partial charge is 0.169 e. The molecular weight excluding hydrogens is 280 g/mol. The SMILES string of the molecule is COc1cc2cnc(-c3cc[n+](C)cc3)c(O)c2cc1OC. The lowest BCUT2D eigenvalue weighted by Crippen LogP contribution is -2.25. The summed E-state index contributed by atoms with van der Waals surface area (Å²) in [6.07, 6.45) is 5.55. The molecule has 0 aliphatic heterocycles. The van der Waals surface area contributed by atoms with Crippen molar-refractivity contribution in [3.05, 3.63) is 42.9 Å². The molecule has 0 unspecified atom stereocenters. The number of nitrogens with zero attached hydrogens (tertiary/aromatic N) is 2. The van der Waals surface area contributed by atoms with Gasteiger partial charge < -0.3 is 14.6 Å². The van der Waals surface area contributed by atoms with Gasteiger partial charge in [-0.3, -0.25) is 4.98 Å². The van der Waals surface area contributed by atoms with Gasteiger partial charge in [0, 0.05) is 34.7 Å². The molecule has 3 aromatic rings. The van der Waals surface area contributed by atoms with E-state index in [0.717, 1.165) is 10.9 Å². The molecular formula is C17H17N2O3+. The Morgan fingerprint density at radius 3 is 2.32 bits per heavy atom. The fraction of sp³-hybridized carbons (Fsp3) is 0.176. The highest BCUT2D eigenvalue weighted by molar-refractivity contribution is 5.94. The van der Waals surface area contributed by atoms with Crippen molar-refractivity contribution >= 4 is 10.8 Å². The standard InChI is InChI=1S/C17H16N2O3/c1-19-6-4-11(5-7-19)16-17(20)13-9-15(22-3)14(21-2)8-12(13)10-18-16/h4-10H,1-3H3/p+1. The zero-order valence-corrected chi connectivity index (χ0v) is 12.7. The quantitative estimate of drug-likeness (QED) is 0.755. The average molecular weight is 297 g/mol. The molecule has 0 radical (unpaired) electrons. The first kappa shape index (κ1) is 14.1. The minimum Gasteiger partial charge on any atom is -0.505 e. The molecule has 3 rings (SSSR count). The summed E-state index contributed by atoms with van der Waals surface area (Å²) in [5.74, 6) is 1.31.